The highest BCUT2D eigenvalue weighted by molar-refractivity contribution is 6.07. The van der Waals surface area contributed by atoms with E-state index in [1.54, 1.807) is 12.4 Å². The summed E-state index contributed by atoms with van der Waals surface area (Å²) in [5.74, 6) is -0.207. The lowest BCUT2D eigenvalue weighted by molar-refractivity contribution is 0.102. The summed E-state index contributed by atoms with van der Waals surface area (Å²) in [6, 6.07) is 9.48. The number of anilines is 1. The lowest BCUT2D eigenvalue weighted by Crippen LogP contribution is -2.11. The molecule has 0 spiro atoms. The smallest absolute Gasteiger partial charge is 0.258 e. The van der Waals surface area contributed by atoms with Gasteiger partial charge in [0.05, 0.1) is 23.0 Å². The van der Waals surface area contributed by atoms with Crippen molar-refractivity contribution in [2.75, 3.05) is 5.32 Å². The van der Waals surface area contributed by atoms with Gasteiger partial charge < -0.3 is 5.32 Å². The normalized spacial score (nSPS) is 10.4. The molecular formula is C13H10N4O. The lowest BCUT2D eigenvalue weighted by atomic mass is 10.2. The van der Waals surface area contributed by atoms with Gasteiger partial charge in [-0.05, 0) is 12.1 Å². The molecule has 5 heteroatoms. The zero-order valence-electron chi connectivity index (χ0n) is 9.42. The van der Waals surface area contributed by atoms with E-state index in [0.29, 0.717) is 11.3 Å². The van der Waals surface area contributed by atoms with Crippen molar-refractivity contribution in [1.82, 2.24) is 15.2 Å². The van der Waals surface area contributed by atoms with Crippen LogP contribution in [-0.2, 0) is 0 Å². The maximum atomic E-state index is 11.9. The van der Waals surface area contributed by atoms with E-state index in [2.05, 4.69) is 20.5 Å². The topological polar surface area (TPSA) is 70.7 Å². The fourth-order valence-electron chi connectivity index (χ4n) is 1.77. The van der Waals surface area contributed by atoms with Crippen LogP contribution in [0.25, 0.3) is 10.9 Å². The van der Waals surface area contributed by atoms with Gasteiger partial charge in [-0.15, -0.1) is 0 Å². The SMILES string of the molecule is O=C(Nc1cccc2cccnc12)c1cn[nH]c1. The fourth-order valence-corrected chi connectivity index (χ4v) is 1.77. The Balaban J connectivity index is 1.98. The van der Waals surface area contributed by atoms with Gasteiger partial charge in [-0.3, -0.25) is 14.9 Å². The van der Waals surface area contributed by atoms with E-state index in [9.17, 15) is 4.79 Å². The molecule has 88 valence electrons. The number of fused-ring (bicyclic) bond motifs is 1. The number of hydrogen-bond donors (Lipinski definition) is 2. The summed E-state index contributed by atoms with van der Waals surface area (Å²) >= 11 is 0. The second kappa shape index (κ2) is 4.29. The number of para-hydroxylation sites is 1. The first-order chi connectivity index (χ1) is 8.84. The van der Waals surface area contributed by atoms with Crippen molar-refractivity contribution < 1.29 is 4.79 Å². The van der Waals surface area contributed by atoms with Crippen LogP contribution in [0.1, 0.15) is 10.4 Å². The zero-order chi connectivity index (χ0) is 12.4. The quantitative estimate of drug-likeness (QED) is 0.719. The van der Waals surface area contributed by atoms with Crippen molar-refractivity contribution in [1.29, 1.82) is 0 Å². The Labute approximate surface area is 103 Å². The van der Waals surface area contributed by atoms with Crippen LogP contribution >= 0.6 is 0 Å². The number of carbonyl (C=O) groups excluding carboxylic acids is 1. The van der Waals surface area contributed by atoms with Gasteiger partial charge in [-0.1, -0.05) is 18.2 Å². The van der Waals surface area contributed by atoms with Crippen molar-refractivity contribution >= 4 is 22.5 Å². The number of pyridine rings is 1. The van der Waals surface area contributed by atoms with Crippen LogP contribution in [0, 0.1) is 0 Å². The molecule has 0 aliphatic rings. The predicted molar refractivity (Wildman–Crippen MR) is 68.3 cm³/mol. The molecule has 2 aromatic heterocycles. The summed E-state index contributed by atoms with van der Waals surface area (Å²) < 4.78 is 0. The summed E-state index contributed by atoms with van der Waals surface area (Å²) in [6.45, 7) is 0. The number of nitrogens with zero attached hydrogens (tertiary/aromatic N) is 2. The van der Waals surface area contributed by atoms with Gasteiger partial charge in [0.1, 0.15) is 0 Å². The van der Waals surface area contributed by atoms with Crippen molar-refractivity contribution in [3.8, 4) is 0 Å². The van der Waals surface area contributed by atoms with Crippen molar-refractivity contribution in [3.05, 3.63) is 54.5 Å². The fraction of sp³-hybridized carbons (Fsp3) is 0. The first kappa shape index (κ1) is 10.5. The molecule has 0 saturated heterocycles. The summed E-state index contributed by atoms with van der Waals surface area (Å²) in [5.41, 5.74) is 1.96. The Morgan fingerprint density at radius 2 is 2.11 bits per heavy atom. The Morgan fingerprint density at radius 1 is 1.22 bits per heavy atom. The maximum Gasteiger partial charge on any atom is 0.258 e. The van der Waals surface area contributed by atoms with Crippen LogP contribution < -0.4 is 5.32 Å². The summed E-state index contributed by atoms with van der Waals surface area (Å²) in [4.78, 5) is 16.2. The Bertz CT molecular complexity index is 686. The predicted octanol–water partition coefficient (Wildman–Crippen LogP) is 2.21. The third kappa shape index (κ3) is 1.82. The third-order valence-electron chi connectivity index (χ3n) is 2.64. The minimum atomic E-state index is -0.207. The van der Waals surface area contributed by atoms with E-state index in [-0.39, 0.29) is 5.91 Å². The molecular weight excluding hydrogens is 228 g/mol. The van der Waals surface area contributed by atoms with Gasteiger partial charge in [-0.2, -0.15) is 5.10 Å². The molecule has 0 fully saturated rings. The Morgan fingerprint density at radius 3 is 2.94 bits per heavy atom. The second-order valence-electron chi connectivity index (χ2n) is 3.82. The Kier molecular flexibility index (Phi) is 2.49. The van der Waals surface area contributed by atoms with E-state index >= 15 is 0 Å². The third-order valence-corrected chi connectivity index (χ3v) is 2.64. The summed E-state index contributed by atoms with van der Waals surface area (Å²) in [7, 11) is 0. The summed E-state index contributed by atoms with van der Waals surface area (Å²) in [5, 5.41) is 10.2. The number of carbonyl (C=O) groups is 1. The van der Waals surface area contributed by atoms with Crippen LogP contribution in [0.5, 0.6) is 0 Å². The van der Waals surface area contributed by atoms with Gasteiger partial charge in [0.25, 0.3) is 5.91 Å². The molecule has 3 aromatic rings. The van der Waals surface area contributed by atoms with Crippen LogP contribution in [0.4, 0.5) is 5.69 Å². The molecule has 1 aromatic carbocycles. The highest BCUT2D eigenvalue weighted by Gasteiger charge is 2.09. The number of H-pyrrole nitrogens is 1. The van der Waals surface area contributed by atoms with Crippen molar-refractivity contribution in [3.63, 3.8) is 0 Å². The number of hydrogen-bond acceptors (Lipinski definition) is 3. The van der Waals surface area contributed by atoms with Crippen molar-refractivity contribution in [2.24, 2.45) is 0 Å². The van der Waals surface area contributed by atoms with Crippen LogP contribution in [-0.4, -0.2) is 21.1 Å². The molecule has 0 unspecified atom stereocenters. The molecule has 0 radical (unpaired) electrons. The van der Waals surface area contributed by atoms with Gasteiger partial charge >= 0.3 is 0 Å². The number of amides is 1. The summed E-state index contributed by atoms with van der Waals surface area (Å²) in [6.07, 6.45) is 4.73. The average molecular weight is 238 g/mol. The van der Waals surface area contributed by atoms with Crippen LogP contribution in [0.2, 0.25) is 0 Å². The molecule has 0 aliphatic heterocycles. The molecule has 5 nitrogen and oxygen atoms in total. The van der Waals surface area contributed by atoms with Gasteiger partial charge in [-0.25, -0.2) is 0 Å². The number of aromatic amines is 1. The van der Waals surface area contributed by atoms with E-state index in [4.69, 9.17) is 0 Å². The second-order valence-corrected chi connectivity index (χ2v) is 3.82. The first-order valence-corrected chi connectivity index (χ1v) is 5.48. The Hall–Kier alpha value is -2.69. The van der Waals surface area contributed by atoms with Gasteiger partial charge in [0, 0.05) is 17.8 Å². The van der Waals surface area contributed by atoms with Crippen LogP contribution in [0.3, 0.4) is 0 Å². The number of rotatable bonds is 2. The number of benzene rings is 1. The highest BCUT2D eigenvalue weighted by atomic mass is 16.1. The highest BCUT2D eigenvalue weighted by Crippen LogP contribution is 2.21. The monoisotopic (exact) mass is 238 g/mol. The van der Waals surface area contributed by atoms with Gasteiger partial charge in [0.15, 0.2) is 0 Å². The van der Waals surface area contributed by atoms with E-state index in [1.165, 1.54) is 6.20 Å². The lowest BCUT2D eigenvalue weighted by Gasteiger charge is -2.06. The standard InChI is InChI=1S/C13H10N4O/c18-13(10-7-15-16-8-10)17-11-5-1-3-9-4-2-6-14-12(9)11/h1-8H,(H,15,16)(H,17,18). The molecule has 2 heterocycles. The number of nitrogens with one attached hydrogen (secondary N) is 2. The average Bonchev–Trinajstić information content (AvgIpc) is 2.93. The number of aromatic nitrogens is 3. The molecule has 18 heavy (non-hydrogen) atoms. The zero-order valence-corrected chi connectivity index (χ0v) is 9.42. The van der Waals surface area contributed by atoms with Gasteiger partial charge in [0.2, 0.25) is 0 Å². The molecule has 1 amide bonds. The minimum absolute atomic E-state index is 0.207. The molecule has 0 saturated carbocycles. The van der Waals surface area contributed by atoms with E-state index < -0.39 is 0 Å². The van der Waals surface area contributed by atoms with E-state index in [0.717, 1.165) is 10.9 Å². The molecule has 0 aliphatic carbocycles. The van der Waals surface area contributed by atoms with E-state index in [1.807, 2.05) is 30.3 Å². The first-order valence-electron chi connectivity index (χ1n) is 5.48. The minimum Gasteiger partial charge on any atom is -0.320 e. The molecule has 3 rings (SSSR count). The molecule has 2 N–H and O–H groups in total. The molecule has 0 bridgehead atoms. The molecule has 0 atom stereocenters. The maximum absolute atomic E-state index is 11.9. The van der Waals surface area contributed by atoms with Crippen LogP contribution in [0.15, 0.2) is 48.9 Å². The van der Waals surface area contributed by atoms with Crippen molar-refractivity contribution in [2.45, 2.75) is 0 Å². The largest absolute Gasteiger partial charge is 0.320 e.